The molecule has 1 N–H and O–H groups in total. The summed E-state index contributed by atoms with van der Waals surface area (Å²) in [4.78, 5) is 20.4. The zero-order valence-corrected chi connectivity index (χ0v) is 13.3. The minimum Gasteiger partial charge on any atom is -0.504 e. The van der Waals surface area contributed by atoms with E-state index in [0.717, 1.165) is 5.56 Å². The first-order valence-electron chi connectivity index (χ1n) is 6.94. The molecule has 0 unspecified atom stereocenters. The van der Waals surface area contributed by atoms with Gasteiger partial charge in [0, 0.05) is 5.56 Å². The first-order chi connectivity index (χ1) is 11.0. The lowest BCUT2D eigenvalue weighted by Crippen LogP contribution is -2.08. The standard InChI is InChI=1S/C16H13FN2O3S/c1-3-22-16(21)12-13(20)14-11(8(2)18-12)19-15(23-14)9-4-6-10(17)7-5-9/h4-7,20H,3H2,1-2H3. The largest absolute Gasteiger partial charge is 0.504 e. The Bertz CT molecular complexity index is 890. The molecule has 0 bridgehead atoms. The van der Waals surface area contributed by atoms with Crippen LogP contribution in [0.25, 0.3) is 20.8 Å². The van der Waals surface area contributed by atoms with Crippen LogP contribution in [0, 0.1) is 12.7 Å². The fraction of sp³-hybridized carbons (Fsp3) is 0.188. The van der Waals surface area contributed by atoms with Crippen molar-refractivity contribution >= 4 is 27.5 Å². The van der Waals surface area contributed by atoms with Gasteiger partial charge in [0.2, 0.25) is 0 Å². The number of pyridine rings is 1. The van der Waals surface area contributed by atoms with E-state index in [0.29, 0.717) is 20.9 Å². The van der Waals surface area contributed by atoms with Crippen LogP contribution in [0.3, 0.4) is 0 Å². The third kappa shape index (κ3) is 2.75. The molecule has 7 heteroatoms. The fourth-order valence-corrected chi connectivity index (χ4v) is 3.23. The number of carbonyl (C=O) groups is 1. The second-order valence-corrected chi connectivity index (χ2v) is 5.82. The summed E-state index contributed by atoms with van der Waals surface area (Å²) in [7, 11) is 0. The number of benzene rings is 1. The van der Waals surface area contributed by atoms with Crippen molar-refractivity contribution in [3.63, 3.8) is 0 Å². The Balaban J connectivity index is 2.15. The summed E-state index contributed by atoms with van der Waals surface area (Å²) in [5, 5.41) is 10.9. The van der Waals surface area contributed by atoms with Crippen molar-refractivity contribution in [1.82, 2.24) is 9.97 Å². The number of nitrogens with zero attached hydrogens (tertiary/aromatic N) is 2. The zero-order valence-electron chi connectivity index (χ0n) is 12.5. The number of aromatic hydroxyl groups is 1. The molecule has 0 amide bonds. The molecule has 3 aromatic rings. The first kappa shape index (κ1) is 15.4. The van der Waals surface area contributed by atoms with E-state index in [1.165, 1.54) is 23.5 Å². The highest BCUT2D eigenvalue weighted by Crippen LogP contribution is 2.38. The number of esters is 1. The number of carbonyl (C=O) groups excluding carboxylic acids is 1. The van der Waals surface area contributed by atoms with Crippen LogP contribution in [0.4, 0.5) is 4.39 Å². The molecule has 0 saturated carbocycles. The van der Waals surface area contributed by atoms with E-state index < -0.39 is 5.97 Å². The van der Waals surface area contributed by atoms with Crippen LogP contribution >= 0.6 is 11.3 Å². The number of fused-ring (bicyclic) bond motifs is 1. The Morgan fingerprint density at radius 1 is 1.30 bits per heavy atom. The van der Waals surface area contributed by atoms with E-state index >= 15 is 0 Å². The number of hydrogen-bond acceptors (Lipinski definition) is 6. The molecule has 1 aromatic carbocycles. The van der Waals surface area contributed by atoms with Crippen LogP contribution in [0.15, 0.2) is 24.3 Å². The zero-order chi connectivity index (χ0) is 16.6. The Kier molecular flexibility index (Phi) is 3.96. The third-order valence-corrected chi connectivity index (χ3v) is 4.36. The summed E-state index contributed by atoms with van der Waals surface area (Å²) in [6.07, 6.45) is 0. The average Bonchev–Trinajstić information content (AvgIpc) is 2.98. The van der Waals surface area contributed by atoms with Gasteiger partial charge < -0.3 is 9.84 Å². The number of rotatable bonds is 3. The van der Waals surface area contributed by atoms with Crippen molar-refractivity contribution in [2.45, 2.75) is 13.8 Å². The quantitative estimate of drug-likeness (QED) is 0.741. The van der Waals surface area contributed by atoms with Gasteiger partial charge in [-0.1, -0.05) is 0 Å². The predicted octanol–water partition coefficient (Wildman–Crippen LogP) is 3.69. The Morgan fingerprint density at radius 3 is 2.65 bits per heavy atom. The Morgan fingerprint density at radius 2 is 2.00 bits per heavy atom. The van der Waals surface area contributed by atoms with Gasteiger partial charge in [0.1, 0.15) is 21.0 Å². The lowest BCUT2D eigenvalue weighted by Gasteiger charge is -2.05. The first-order valence-corrected chi connectivity index (χ1v) is 7.76. The van der Waals surface area contributed by atoms with Gasteiger partial charge >= 0.3 is 5.97 Å². The molecule has 2 aromatic heterocycles. The normalized spacial score (nSPS) is 10.9. The van der Waals surface area contributed by atoms with Gasteiger partial charge in [0.15, 0.2) is 11.4 Å². The maximum absolute atomic E-state index is 13.0. The van der Waals surface area contributed by atoms with Crippen LogP contribution < -0.4 is 0 Å². The number of thiazole rings is 1. The molecule has 3 rings (SSSR count). The molecule has 0 atom stereocenters. The van der Waals surface area contributed by atoms with E-state index in [-0.39, 0.29) is 23.9 Å². The lowest BCUT2D eigenvalue weighted by atomic mass is 10.2. The van der Waals surface area contributed by atoms with Crippen molar-refractivity contribution in [2.24, 2.45) is 0 Å². The van der Waals surface area contributed by atoms with Crippen LogP contribution in [0.5, 0.6) is 5.75 Å². The molecule has 0 aliphatic rings. The second-order valence-electron chi connectivity index (χ2n) is 4.82. The molecule has 23 heavy (non-hydrogen) atoms. The van der Waals surface area contributed by atoms with Crippen molar-refractivity contribution < 1.29 is 19.0 Å². The van der Waals surface area contributed by atoms with Gasteiger partial charge in [-0.2, -0.15) is 0 Å². The SMILES string of the molecule is CCOC(=O)c1nc(C)c2nc(-c3ccc(F)cc3)sc2c1O. The third-order valence-electron chi connectivity index (χ3n) is 3.25. The van der Waals surface area contributed by atoms with Gasteiger partial charge in [-0.25, -0.2) is 19.2 Å². The maximum Gasteiger partial charge on any atom is 0.360 e. The monoisotopic (exact) mass is 332 g/mol. The number of aromatic nitrogens is 2. The molecule has 0 saturated heterocycles. The number of hydrogen-bond donors (Lipinski definition) is 1. The van der Waals surface area contributed by atoms with Gasteiger partial charge in [-0.15, -0.1) is 11.3 Å². The molecule has 0 radical (unpaired) electrons. The highest BCUT2D eigenvalue weighted by Gasteiger charge is 2.22. The van der Waals surface area contributed by atoms with Crippen LogP contribution in [0.1, 0.15) is 23.1 Å². The second kappa shape index (κ2) is 5.92. The summed E-state index contributed by atoms with van der Waals surface area (Å²) >= 11 is 1.22. The van der Waals surface area contributed by atoms with Gasteiger partial charge in [-0.05, 0) is 38.1 Å². The molecule has 0 aliphatic carbocycles. The molecule has 5 nitrogen and oxygen atoms in total. The number of halogens is 1. The van der Waals surface area contributed by atoms with Crippen molar-refractivity contribution in [2.75, 3.05) is 6.61 Å². The van der Waals surface area contributed by atoms with Crippen LogP contribution in [-0.2, 0) is 4.74 Å². The molecule has 2 heterocycles. The van der Waals surface area contributed by atoms with E-state index in [1.807, 2.05) is 0 Å². The number of ether oxygens (including phenoxy) is 1. The van der Waals surface area contributed by atoms with Gasteiger partial charge in [0.25, 0.3) is 0 Å². The highest BCUT2D eigenvalue weighted by molar-refractivity contribution is 7.22. The molecular formula is C16H13FN2O3S. The van der Waals surface area contributed by atoms with E-state index in [1.54, 1.807) is 26.0 Å². The maximum atomic E-state index is 13.0. The predicted molar refractivity (Wildman–Crippen MR) is 85.2 cm³/mol. The molecule has 0 spiro atoms. The smallest absolute Gasteiger partial charge is 0.360 e. The molecular weight excluding hydrogens is 319 g/mol. The van der Waals surface area contributed by atoms with E-state index in [2.05, 4.69) is 9.97 Å². The van der Waals surface area contributed by atoms with Crippen molar-refractivity contribution in [1.29, 1.82) is 0 Å². The minimum atomic E-state index is -0.674. The molecule has 0 aliphatic heterocycles. The summed E-state index contributed by atoms with van der Waals surface area (Å²) in [6, 6.07) is 5.91. The van der Waals surface area contributed by atoms with E-state index in [9.17, 15) is 14.3 Å². The molecule has 0 fully saturated rings. The fourth-order valence-electron chi connectivity index (χ4n) is 2.16. The van der Waals surface area contributed by atoms with Crippen molar-refractivity contribution in [3.05, 3.63) is 41.5 Å². The number of aryl methyl sites for hydroxylation is 1. The average molecular weight is 332 g/mol. The van der Waals surface area contributed by atoms with Crippen molar-refractivity contribution in [3.8, 4) is 16.3 Å². The summed E-state index contributed by atoms with van der Waals surface area (Å²) in [5.41, 5.74) is 1.64. The topological polar surface area (TPSA) is 72.3 Å². The summed E-state index contributed by atoms with van der Waals surface area (Å²) in [6.45, 7) is 3.58. The Hall–Kier alpha value is -2.54. The van der Waals surface area contributed by atoms with Crippen LogP contribution in [0.2, 0.25) is 0 Å². The minimum absolute atomic E-state index is 0.119. The van der Waals surface area contributed by atoms with Gasteiger partial charge in [-0.3, -0.25) is 0 Å². The lowest BCUT2D eigenvalue weighted by molar-refractivity contribution is 0.0516. The highest BCUT2D eigenvalue weighted by atomic mass is 32.1. The molecule has 118 valence electrons. The Labute approximate surface area is 135 Å². The van der Waals surface area contributed by atoms with Crippen LogP contribution in [-0.4, -0.2) is 27.7 Å². The van der Waals surface area contributed by atoms with E-state index in [4.69, 9.17) is 4.74 Å². The van der Waals surface area contributed by atoms with Gasteiger partial charge in [0.05, 0.1) is 12.3 Å². The summed E-state index contributed by atoms with van der Waals surface area (Å²) < 4.78 is 18.4. The summed E-state index contributed by atoms with van der Waals surface area (Å²) in [5.74, 6) is -1.25.